The third-order valence-electron chi connectivity index (χ3n) is 19.4. The Morgan fingerprint density at radius 3 is 1.28 bits per heavy atom. The third-order valence-corrected chi connectivity index (χ3v) is 19.4. The molecule has 0 bridgehead atoms. The van der Waals surface area contributed by atoms with E-state index in [1.807, 2.05) is 224 Å². The smallest absolute Gasteiger partial charge is 0.248 e. The number of methoxy groups -OCH3 is 3. The van der Waals surface area contributed by atoms with Gasteiger partial charge < -0.3 is 49.2 Å². The number of primary amides is 1. The molecule has 13 aromatic carbocycles. The fourth-order valence-corrected chi connectivity index (χ4v) is 13.8. The predicted molar refractivity (Wildman–Crippen MR) is 466 cm³/mol. The molecule has 0 spiro atoms. The van der Waals surface area contributed by atoms with Gasteiger partial charge in [0.15, 0.2) is 0 Å². The van der Waals surface area contributed by atoms with Gasteiger partial charge in [-0.1, -0.05) is 286 Å². The van der Waals surface area contributed by atoms with Crippen molar-refractivity contribution < 1.29 is 38.7 Å². The Labute approximate surface area is 666 Å². The number of phenolic OH excluding ortho intramolecular Hbond substituents is 2. The molecule has 0 aliphatic carbocycles. The van der Waals surface area contributed by atoms with Gasteiger partial charge in [-0.25, -0.2) is 0 Å². The largest absolute Gasteiger partial charge is 0.508 e. The van der Waals surface area contributed by atoms with E-state index in [9.17, 15) is 19.8 Å². The van der Waals surface area contributed by atoms with E-state index < -0.39 is 0 Å². The van der Waals surface area contributed by atoms with E-state index >= 15 is 0 Å². The minimum Gasteiger partial charge on any atom is -0.508 e. The van der Waals surface area contributed by atoms with E-state index in [1.165, 1.54) is 44.5 Å². The van der Waals surface area contributed by atoms with Crippen LogP contribution in [0, 0.1) is 0 Å². The van der Waals surface area contributed by atoms with Gasteiger partial charge in [0.05, 0.1) is 21.3 Å². The van der Waals surface area contributed by atoms with Crippen molar-refractivity contribution in [2.45, 2.75) is 44.6 Å². The zero-order chi connectivity index (χ0) is 79.4. The number of amides is 1. The average Bonchev–Trinajstić information content (AvgIpc) is 1.69. The van der Waals surface area contributed by atoms with Crippen LogP contribution in [0.5, 0.6) is 34.5 Å². The standard InChI is InChI=1S/C29H31N3O2.C16H16O.C15H14O2.2C15H14O.C12H10O/c1-34-28-9-5-8-25(21-6-3-2-4-7-21)26(28)15-18-31-16-13-24(14-17-31)32-19-12-22-10-11-23(29(30)33)20-27(22)32;1-3-8-15-14(11-7-12-16(15)17-2)13-9-5-4-6-10-13;1-17-15-9-5-8-13(14(15)10-11-16)12-6-3-2-4-7-12;1-2-11-16-15-10-6-9-14(12-15)13-7-4-3-5-8-13;1-2-7-14-13(10-6-11-15(14)16)12-8-4-3-5-9-12;13-12-8-4-7-11(9-12)10-5-2-1-3-6-10/h2-12,19-20,24H,13-18H2,1H3,(H2,30,33);3-7,9-12H,1,8H2,2H3;2-9,11H,10H2,1H3;2-10,12H,1,11H2;2-6,8-11,16H,1,7H2;1-9,13H. The Bertz CT molecular complexity index is 5200. The summed E-state index contributed by atoms with van der Waals surface area (Å²) in [7, 11) is 5.08. The second-order valence-corrected chi connectivity index (χ2v) is 26.7. The summed E-state index contributed by atoms with van der Waals surface area (Å²) in [6, 6.07) is 109. The lowest BCUT2D eigenvalue weighted by atomic mass is 9.96. The number of benzene rings is 13. The van der Waals surface area contributed by atoms with Crippen molar-refractivity contribution in [2.75, 3.05) is 47.6 Å². The molecule has 1 aromatic heterocycles. The Balaban J connectivity index is 0.000000149. The number of ether oxygens (including phenoxy) is 4. The van der Waals surface area contributed by atoms with Gasteiger partial charge in [-0.3, -0.25) is 4.79 Å². The molecule has 570 valence electrons. The number of fused-ring (bicyclic) bond motifs is 1. The summed E-state index contributed by atoms with van der Waals surface area (Å²) in [4.78, 5) is 25.0. The number of piperidine rings is 1. The molecule has 14 aromatic rings. The number of hydrogen-bond acceptors (Lipinski definition) is 9. The van der Waals surface area contributed by atoms with E-state index in [0.717, 1.165) is 130 Å². The molecule has 1 fully saturated rings. The highest BCUT2D eigenvalue weighted by Crippen LogP contribution is 2.37. The molecule has 4 N–H and O–H groups in total. The maximum absolute atomic E-state index is 11.6. The molecule has 15 rings (SSSR count). The minimum atomic E-state index is -0.379. The Morgan fingerprint density at radius 2 is 0.832 bits per heavy atom. The van der Waals surface area contributed by atoms with Crippen LogP contribution >= 0.6 is 0 Å². The van der Waals surface area contributed by atoms with Crippen molar-refractivity contribution in [3.8, 4) is 101 Å². The van der Waals surface area contributed by atoms with E-state index in [1.54, 1.807) is 51.7 Å². The van der Waals surface area contributed by atoms with Crippen LogP contribution < -0.4 is 24.7 Å². The number of phenols is 2. The monoisotopic (exact) mass is 1490 g/mol. The van der Waals surface area contributed by atoms with E-state index in [0.29, 0.717) is 42.6 Å². The molecular weight excluding hydrogens is 1400 g/mol. The highest BCUT2D eigenvalue weighted by molar-refractivity contribution is 5.97. The van der Waals surface area contributed by atoms with Gasteiger partial charge in [0.2, 0.25) is 5.91 Å². The SMILES string of the molecule is C=CCOc1cccc(-c2ccccc2)c1.C=CCc1c(O)cccc1-c1ccccc1.C=CCc1c(OC)cccc1-c1ccccc1.COc1cccc(-c2ccccc2)c1CC=O.COc1cccc(-c2ccccc2)c1CCN1CCC(n2ccc3ccc(C(N)=O)cc32)CC1.Oc1cccc(-c2ccccc2)c1. The zero-order valence-electron chi connectivity index (χ0n) is 64.6. The molecule has 1 saturated heterocycles. The van der Waals surface area contributed by atoms with Crippen LogP contribution in [0.2, 0.25) is 0 Å². The van der Waals surface area contributed by atoms with Gasteiger partial charge >= 0.3 is 0 Å². The van der Waals surface area contributed by atoms with Crippen LogP contribution in [0.1, 0.15) is 51.5 Å². The second-order valence-electron chi connectivity index (χ2n) is 26.7. The van der Waals surface area contributed by atoms with Gasteiger partial charge in [0.1, 0.15) is 47.4 Å². The fraction of sp³-hybridized carbons (Fsp3) is 0.137. The number of nitrogens with zero attached hydrogens (tertiary/aromatic N) is 2. The van der Waals surface area contributed by atoms with Crippen LogP contribution in [0.25, 0.3) is 77.7 Å². The number of carbonyl (C=O) groups excluding carboxylic acids is 2. The van der Waals surface area contributed by atoms with Crippen LogP contribution in [-0.2, 0) is 30.5 Å². The lowest BCUT2D eigenvalue weighted by Crippen LogP contribution is -2.36. The molecule has 2 heterocycles. The molecular formula is C102H99N3O8. The van der Waals surface area contributed by atoms with Crippen molar-refractivity contribution in [3.63, 3.8) is 0 Å². The molecule has 113 heavy (non-hydrogen) atoms. The first-order valence-corrected chi connectivity index (χ1v) is 38.0. The topological polar surface area (TPSA) is 146 Å². The van der Waals surface area contributed by atoms with Crippen molar-refractivity contribution in [3.05, 3.63) is 400 Å². The number of likely N-dealkylation sites (tertiary alicyclic amines) is 1. The maximum Gasteiger partial charge on any atom is 0.248 e. The van der Waals surface area contributed by atoms with Gasteiger partial charge in [-0.15, -0.1) is 13.2 Å². The molecule has 0 saturated carbocycles. The fourth-order valence-electron chi connectivity index (χ4n) is 13.8. The van der Waals surface area contributed by atoms with Crippen molar-refractivity contribution in [1.29, 1.82) is 0 Å². The van der Waals surface area contributed by atoms with Crippen LogP contribution in [0.15, 0.2) is 372 Å². The quantitative estimate of drug-likeness (QED) is 0.0421. The summed E-state index contributed by atoms with van der Waals surface area (Å²) in [5.74, 6) is 3.78. The highest BCUT2D eigenvalue weighted by Gasteiger charge is 2.23. The lowest BCUT2D eigenvalue weighted by molar-refractivity contribution is -0.107. The first-order chi connectivity index (χ1) is 55.4. The summed E-state index contributed by atoms with van der Waals surface area (Å²) < 4.78 is 24.3. The Morgan fingerprint density at radius 1 is 0.425 bits per heavy atom. The van der Waals surface area contributed by atoms with Crippen LogP contribution in [0.3, 0.4) is 0 Å². The van der Waals surface area contributed by atoms with Crippen molar-refractivity contribution in [2.24, 2.45) is 5.73 Å². The molecule has 1 aliphatic heterocycles. The maximum atomic E-state index is 11.6. The molecule has 0 radical (unpaired) electrons. The lowest BCUT2D eigenvalue weighted by Gasteiger charge is -2.33. The molecule has 0 atom stereocenters. The van der Waals surface area contributed by atoms with Crippen LogP contribution in [-0.4, -0.2) is 79.4 Å². The van der Waals surface area contributed by atoms with Gasteiger partial charge in [-0.05, 0) is 171 Å². The molecule has 1 aliphatic rings. The van der Waals surface area contributed by atoms with Gasteiger partial charge in [-0.2, -0.15) is 0 Å². The molecule has 11 nitrogen and oxygen atoms in total. The highest BCUT2D eigenvalue weighted by atomic mass is 16.5. The summed E-state index contributed by atoms with van der Waals surface area (Å²) in [5.41, 5.74) is 25.3. The number of carbonyl (C=O) groups is 2. The number of allylic oxidation sites excluding steroid dienone is 2. The average molecular weight is 1490 g/mol. The van der Waals surface area contributed by atoms with Crippen LogP contribution in [0.4, 0.5) is 0 Å². The summed E-state index contributed by atoms with van der Waals surface area (Å²) in [5, 5.41) is 20.3. The number of aromatic nitrogens is 1. The first kappa shape index (κ1) is 82.0. The molecule has 1 amide bonds. The number of rotatable bonds is 23. The molecule has 0 unspecified atom stereocenters. The Kier molecular flexibility index (Phi) is 31.7. The number of hydrogen-bond donors (Lipinski definition) is 3. The normalized spacial score (nSPS) is 11.4. The molecule has 11 heteroatoms. The number of aromatic hydroxyl groups is 2. The third kappa shape index (κ3) is 23.3. The van der Waals surface area contributed by atoms with Gasteiger partial charge in [0, 0.05) is 71.6 Å². The summed E-state index contributed by atoms with van der Waals surface area (Å²) in [6.45, 7) is 14.8. The van der Waals surface area contributed by atoms with E-state index in [4.69, 9.17) is 24.7 Å². The summed E-state index contributed by atoms with van der Waals surface area (Å²) >= 11 is 0. The first-order valence-electron chi connectivity index (χ1n) is 38.0. The Hall–Kier alpha value is -13.5. The number of nitrogens with two attached hydrogens (primary N) is 1. The van der Waals surface area contributed by atoms with E-state index in [2.05, 4.69) is 126 Å². The second kappa shape index (κ2) is 43.6. The zero-order valence-corrected chi connectivity index (χ0v) is 64.6. The predicted octanol–water partition coefficient (Wildman–Crippen LogP) is 23.3. The van der Waals surface area contributed by atoms with Gasteiger partial charge in [0.25, 0.3) is 0 Å². The van der Waals surface area contributed by atoms with Crippen molar-refractivity contribution in [1.82, 2.24) is 9.47 Å². The minimum absolute atomic E-state index is 0.307. The summed E-state index contributed by atoms with van der Waals surface area (Å²) in [6.07, 6.45) is 13.5. The van der Waals surface area contributed by atoms with Crippen molar-refractivity contribution >= 4 is 23.1 Å². The number of aldehydes is 1. The van der Waals surface area contributed by atoms with E-state index in [-0.39, 0.29) is 5.91 Å².